The van der Waals surface area contributed by atoms with Crippen molar-refractivity contribution in [1.29, 1.82) is 0 Å². The molecule has 9 heteroatoms. The number of benzene rings is 1. The molecule has 8 nitrogen and oxygen atoms in total. The van der Waals surface area contributed by atoms with Crippen molar-refractivity contribution in [2.75, 3.05) is 0 Å². The van der Waals surface area contributed by atoms with Crippen LogP contribution in [0.4, 0.5) is 0 Å². The van der Waals surface area contributed by atoms with Crippen molar-refractivity contribution in [3.63, 3.8) is 0 Å². The molecule has 0 bridgehead atoms. The predicted octanol–water partition coefficient (Wildman–Crippen LogP) is 0.169. The van der Waals surface area contributed by atoms with Crippen LogP contribution in [0.1, 0.15) is 18.4 Å². The van der Waals surface area contributed by atoms with Gasteiger partial charge in [-0.3, -0.25) is 8.42 Å². The Kier molecular flexibility index (Phi) is 6.41. The summed E-state index contributed by atoms with van der Waals surface area (Å²) in [6.45, 7) is 1.90. The van der Waals surface area contributed by atoms with E-state index < -0.39 is 10.4 Å². The first-order chi connectivity index (χ1) is 11.0. The van der Waals surface area contributed by atoms with Crippen molar-refractivity contribution in [2.45, 2.75) is 6.92 Å². The Morgan fingerprint density at radius 2 is 1.83 bits per heavy atom. The van der Waals surface area contributed by atoms with Gasteiger partial charge in [-0.25, -0.2) is 0 Å². The maximum absolute atomic E-state index is 11.9. The first-order valence-electron chi connectivity index (χ1n) is 6.69. The number of hydrogen-bond donors (Lipinski definition) is 1. The van der Waals surface area contributed by atoms with Gasteiger partial charge in [-0.1, -0.05) is 18.2 Å². The van der Waals surface area contributed by atoms with Gasteiger partial charge in [-0.15, -0.1) is 0 Å². The first-order valence-corrected chi connectivity index (χ1v) is 8.03. The molecule has 1 N–H and O–H groups in total. The molecule has 1 aromatic carbocycles. The summed E-state index contributed by atoms with van der Waals surface area (Å²) in [5.41, 5.74) is 2.55. The molecule has 0 aliphatic rings. The van der Waals surface area contributed by atoms with E-state index >= 15 is 0 Å². The normalized spacial score (nSPS) is 11.2. The summed E-state index contributed by atoms with van der Waals surface area (Å²) in [5.74, 6) is 0.228. The SMILES string of the molecule is Cc1cc(C=Cc2cccc(O)c2)[n+](C)c(=O)n1C.O=S(=O)([O-])[O-].[H+]. The van der Waals surface area contributed by atoms with Gasteiger partial charge in [-0.2, -0.15) is 13.9 Å². The van der Waals surface area contributed by atoms with E-state index in [9.17, 15) is 9.90 Å². The average molecular weight is 354 g/mol. The van der Waals surface area contributed by atoms with Crippen LogP contribution in [0.25, 0.3) is 12.2 Å². The number of aromatic nitrogens is 2. The van der Waals surface area contributed by atoms with Crippen molar-refractivity contribution >= 4 is 22.6 Å². The molecule has 0 atom stereocenters. The fourth-order valence-electron chi connectivity index (χ4n) is 1.86. The molecule has 0 unspecified atom stereocenters. The van der Waals surface area contributed by atoms with E-state index in [2.05, 4.69) is 0 Å². The minimum Gasteiger partial charge on any atom is -0.759 e. The lowest BCUT2D eigenvalue weighted by Gasteiger charge is -2.06. The quantitative estimate of drug-likeness (QED) is 0.465. The highest BCUT2D eigenvalue weighted by Gasteiger charge is 2.11. The third-order valence-corrected chi connectivity index (χ3v) is 3.16. The van der Waals surface area contributed by atoms with Crippen LogP contribution < -0.4 is 10.3 Å². The Morgan fingerprint density at radius 3 is 2.38 bits per heavy atom. The summed E-state index contributed by atoms with van der Waals surface area (Å²) in [4.78, 5) is 11.9. The third kappa shape index (κ3) is 6.32. The van der Waals surface area contributed by atoms with Gasteiger partial charge in [0.1, 0.15) is 17.1 Å². The summed E-state index contributed by atoms with van der Waals surface area (Å²) in [6, 6.07) is 8.92. The van der Waals surface area contributed by atoms with Gasteiger partial charge in [0, 0.05) is 16.5 Å². The number of nitrogens with zero attached hydrogens (tertiary/aromatic N) is 2. The molecule has 2 rings (SSSR count). The molecule has 0 saturated heterocycles. The number of aryl methyl sites for hydroxylation is 1. The second-order valence-corrected chi connectivity index (χ2v) is 5.76. The second-order valence-electron chi connectivity index (χ2n) is 4.95. The predicted molar refractivity (Wildman–Crippen MR) is 86.2 cm³/mol. The Balaban J connectivity index is 0.000000848. The molecular weight excluding hydrogens is 336 g/mol. The average Bonchev–Trinajstić information content (AvgIpc) is 2.46. The van der Waals surface area contributed by atoms with E-state index in [1.807, 2.05) is 31.2 Å². The lowest BCUT2D eigenvalue weighted by molar-refractivity contribution is -0.692. The maximum Gasteiger partial charge on any atom is 1.00 e. The Bertz CT molecular complexity index is 914. The molecule has 130 valence electrons. The van der Waals surface area contributed by atoms with Crippen LogP contribution in [0.2, 0.25) is 0 Å². The van der Waals surface area contributed by atoms with E-state index in [0.717, 1.165) is 17.0 Å². The van der Waals surface area contributed by atoms with E-state index in [1.165, 1.54) is 0 Å². The summed E-state index contributed by atoms with van der Waals surface area (Å²) < 4.78 is 37.3. The molecule has 0 fully saturated rings. The van der Waals surface area contributed by atoms with Crippen LogP contribution >= 0.6 is 0 Å². The monoisotopic (exact) mass is 354 g/mol. The van der Waals surface area contributed by atoms with Gasteiger partial charge in [0.2, 0.25) is 0 Å². The number of rotatable bonds is 2. The third-order valence-electron chi connectivity index (χ3n) is 3.16. The molecule has 0 radical (unpaired) electrons. The summed E-state index contributed by atoms with van der Waals surface area (Å²) in [7, 11) is -1.68. The second kappa shape index (κ2) is 7.86. The Hall–Kier alpha value is -2.49. The topological polar surface area (TPSA) is 126 Å². The van der Waals surface area contributed by atoms with Gasteiger partial charge in [0.15, 0.2) is 0 Å². The van der Waals surface area contributed by atoms with E-state index in [-0.39, 0.29) is 12.9 Å². The van der Waals surface area contributed by atoms with Gasteiger partial charge in [0.05, 0.1) is 14.1 Å². The molecule has 0 aliphatic heterocycles. The van der Waals surface area contributed by atoms with Crippen LogP contribution in [0, 0.1) is 6.92 Å². The smallest absolute Gasteiger partial charge is 0.759 e. The Morgan fingerprint density at radius 1 is 1.25 bits per heavy atom. The molecule has 0 spiro atoms. The fourth-order valence-corrected chi connectivity index (χ4v) is 1.86. The van der Waals surface area contributed by atoms with Crippen LogP contribution in [0.15, 0.2) is 35.1 Å². The van der Waals surface area contributed by atoms with E-state index in [0.29, 0.717) is 0 Å². The Labute approximate surface area is 141 Å². The summed E-state index contributed by atoms with van der Waals surface area (Å²) in [6.07, 6.45) is 3.73. The highest BCUT2D eigenvalue weighted by atomic mass is 32.3. The molecule has 1 heterocycles. The minimum absolute atomic E-state index is 0. The van der Waals surface area contributed by atoms with Gasteiger partial charge in [-0.05, 0) is 30.7 Å². The van der Waals surface area contributed by atoms with Gasteiger partial charge in [0.25, 0.3) is 0 Å². The van der Waals surface area contributed by atoms with Crippen LogP contribution in [-0.2, 0) is 24.5 Å². The largest absolute Gasteiger partial charge is 1.00 e. The highest BCUT2D eigenvalue weighted by Crippen LogP contribution is 2.13. The lowest BCUT2D eigenvalue weighted by atomic mass is 10.2. The molecular formula is C15H18N2O6S. The fraction of sp³-hybridized carbons (Fsp3) is 0.200. The number of hydrogen-bond acceptors (Lipinski definition) is 6. The molecule has 1 aromatic heterocycles. The first kappa shape index (κ1) is 19.6. The van der Waals surface area contributed by atoms with Crippen LogP contribution in [0.3, 0.4) is 0 Å². The zero-order valence-electron chi connectivity index (χ0n) is 14.3. The number of aromatic hydroxyl groups is 1. The van der Waals surface area contributed by atoms with Crippen molar-refractivity contribution in [3.05, 3.63) is 57.8 Å². The molecule has 24 heavy (non-hydrogen) atoms. The lowest BCUT2D eigenvalue weighted by Crippen LogP contribution is -2.53. The summed E-state index contributed by atoms with van der Waals surface area (Å²) in [5, 5.41) is 9.40. The van der Waals surface area contributed by atoms with Gasteiger partial charge >= 0.3 is 7.12 Å². The van der Waals surface area contributed by atoms with E-state index in [4.69, 9.17) is 17.5 Å². The standard InChI is InChI=1S/C15H16N2O2.H2O4S/c1-11-9-13(17(3)15(19)16(11)2)8-7-12-5-4-6-14(18)10-12;1-5(2,3)4/h4-10H,1-3H3;(H2,1,2,3,4). The van der Waals surface area contributed by atoms with Crippen LogP contribution in [-0.4, -0.2) is 27.2 Å². The molecule has 0 aliphatic carbocycles. The minimum atomic E-state index is -5.17. The van der Waals surface area contributed by atoms with Gasteiger partial charge < -0.3 is 14.2 Å². The van der Waals surface area contributed by atoms with Crippen molar-refractivity contribution in [1.82, 2.24) is 4.57 Å². The number of phenolic OH excluding ortho intramolecular Hbond substituents is 1. The van der Waals surface area contributed by atoms with Crippen LogP contribution in [0.5, 0.6) is 5.75 Å². The van der Waals surface area contributed by atoms with Crippen molar-refractivity contribution < 1.29 is 28.6 Å². The van der Waals surface area contributed by atoms with Crippen molar-refractivity contribution in [3.8, 4) is 5.75 Å². The highest BCUT2D eigenvalue weighted by molar-refractivity contribution is 7.79. The summed E-state index contributed by atoms with van der Waals surface area (Å²) >= 11 is 0. The number of phenols is 1. The zero-order valence-corrected chi connectivity index (χ0v) is 14.1. The molecule has 0 saturated carbocycles. The molecule has 0 amide bonds. The van der Waals surface area contributed by atoms with E-state index in [1.54, 1.807) is 41.4 Å². The van der Waals surface area contributed by atoms with Crippen molar-refractivity contribution in [2.24, 2.45) is 14.1 Å². The zero-order chi connectivity index (χ0) is 18.5. The molecule has 2 aromatic rings. The maximum atomic E-state index is 11.9.